The number of ether oxygens (including phenoxy) is 2. The van der Waals surface area contributed by atoms with E-state index in [2.05, 4.69) is 16.0 Å². The van der Waals surface area contributed by atoms with Gasteiger partial charge in [0.1, 0.15) is 12.4 Å². The fourth-order valence-corrected chi connectivity index (χ4v) is 2.93. The summed E-state index contributed by atoms with van der Waals surface area (Å²) in [5, 5.41) is 8.57. The van der Waals surface area contributed by atoms with E-state index in [0.717, 1.165) is 30.9 Å². The van der Waals surface area contributed by atoms with Crippen molar-refractivity contribution in [2.24, 2.45) is 0 Å². The molecule has 1 aliphatic rings. The first-order valence-corrected chi connectivity index (χ1v) is 9.34. The average molecular weight is 383 g/mol. The Labute approximate surface area is 164 Å². The summed E-state index contributed by atoms with van der Waals surface area (Å²) in [6.45, 7) is 2.89. The van der Waals surface area contributed by atoms with Crippen molar-refractivity contribution in [1.29, 1.82) is 0 Å². The number of carbonyl (C=O) groups excluding carboxylic acids is 2. The first kappa shape index (κ1) is 19.7. The summed E-state index contributed by atoms with van der Waals surface area (Å²) in [6, 6.07) is 14.5. The van der Waals surface area contributed by atoms with E-state index in [0.29, 0.717) is 18.0 Å². The van der Waals surface area contributed by atoms with Gasteiger partial charge in [-0.25, -0.2) is 0 Å². The molecule has 3 N–H and O–H groups in total. The number of rotatable bonds is 8. The van der Waals surface area contributed by atoms with Gasteiger partial charge in [-0.05, 0) is 43.2 Å². The maximum atomic E-state index is 12.2. The highest BCUT2D eigenvalue weighted by molar-refractivity contribution is 5.95. The van der Waals surface area contributed by atoms with E-state index >= 15 is 0 Å². The van der Waals surface area contributed by atoms with E-state index in [1.54, 1.807) is 24.3 Å². The molecule has 1 aliphatic heterocycles. The second kappa shape index (κ2) is 9.75. The molecule has 1 heterocycles. The molecule has 0 saturated carbocycles. The SMILES string of the molecule is CC(=O)Nc1cccc(NC(=O)CNc2cccc(OCC3CCCO3)c2)c1. The van der Waals surface area contributed by atoms with Crippen molar-refractivity contribution in [1.82, 2.24) is 0 Å². The molecule has 28 heavy (non-hydrogen) atoms. The Morgan fingerprint density at radius 3 is 2.57 bits per heavy atom. The van der Waals surface area contributed by atoms with Crippen LogP contribution in [-0.2, 0) is 14.3 Å². The zero-order valence-corrected chi connectivity index (χ0v) is 15.9. The molecule has 0 spiro atoms. The van der Waals surface area contributed by atoms with Gasteiger partial charge in [-0.3, -0.25) is 9.59 Å². The summed E-state index contributed by atoms with van der Waals surface area (Å²) >= 11 is 0. The number of hydrogen-bond acceptors (Lipinski definition) is 5. The maximum Gasteiger partial charge on any atom is 0.243 e. The van der Waals surface area contributed by atoms with Crippen LogP contribution in [0.4, 0.5) is 17.1 Å². The van der Waals surface area contributed by atoms with E-state index in [9.17, 15) is 9.59 Å². The number of amides is 2. The van der Waals surface area contributed by atoms with Crippen LogP contribution in [0.2, 0.25) is 0 Å². The largest absolute Gasteiger partial charge is 0.491 e. The number of anilines is 3. The zero-order valence-electron chi connectivity index (χ0n) is 15.9. The number of benzene rings is 2. The number of carbonyl (C=O) groups is 2. The molecule has 7 heteroatoms. The quantitative estimate of drug-likeness (QED) is 0.651. The molecule has 0 radical (unpaired) electrons. The molecular weight excluding hydrogens is 358 g/mol. The van der Waals surface area contributed by atoms with E-state index in [4.69, 9.17) is 9.47 Å². The smallest absolute Gasteiger partial charge is 0.243 e. The van der Waals surface area contributed by atoms with Crippen LogP contribution >= 0.6 is 0 Å². The molecule has 0 aliphatic carbocycles. The maximum absolute atomic E-state index is 12.2. The Kier molecular flexibility index (Phi) is 6.86. The third-order valence-electron chi connectivity index (χ3n) is 4.21. The molecule has 7 nitrogen and oxygen atoms in total. The van der Waals surface area contributed by atoms with Crippen molar-refractivity contribution < 1.29 is 19.1 Å². The normalized spacial score (nSPS) is 15.7. The summed E-state index contributed by atoms with van der Waals surface area (Å²) in [4.78, 5) is 23.3. The second-order valence-corrected chi connectivity index (χ2v) is 6.64. The van der Waals surface area contributed by atoms with Gasteiger partial charge in [0.25, 0.3) is 0 Å². The van der Waals surface area contributed by atoms with E-state index in [1.165, 1.54) is 6.92 Å². The minimum atomic E-state index is -0.189. The van der Waals surface area contributed by atoms with Crippen LogP contribution in [0, 0.1) is 0 Å². The minimum absolute atomic E-state index is 0.111. The van der Waals surface area contributed by atoms with Crippen LogP contribution in [0.15, 0.2) is 48.5 Å². The van der Waals surface area contributed by atoms with Crippen LogP contribution in [0.3, 0.4) is 0 Å². The van der Waals surface area contributed by atoms with Gasteiger partial charge >= 0.3 is 0 Å². The Morgan fingerprint density at radius 1 is 1.07 bits per heavy atom. The average Bonchev–Trinajstić information content (AvgIpc) is 3.18. The van der Waals surface area contributed by atoms with E-state index in [1.807, 2.05) is 24.3 Å². The lowest BCUT2D eigenvalue weighted by Crippen LogP contribution is -2.22. The second-order valence-electron chi connectivity index (χ2n) is 6.64. The third-order valence-corrected chi connectivity index (χ3v) is 4.21. The predicted octanol–water partition coefficient (Wildman–Crippen LogP) is 3.25. The molecule has 0 bridgehead atoms. The predicted molar refractivity (Wildman–Crippen MR) is 109 cm³/mol. The summed E-state index contributed by atoms with van der Waals surface area (Å²) in [6.07, 6.45) is 2.27. The van der Waals surface area contributed by atoms with Gasteiger partial charge in [0.2, 0.25) is 11.8 Å². The molecular formula is C21H25N3O4. The van der Waals surface area contributed by atoms with Crippen molar-refractivity contribution >= 4 is 28.9 Å². The summed E-state index contributed by atoms with van der Waals surface area (Å²) in [7, 11) is 0. The highest BCUT2D eigenvalue weighted by atomic mass is 16.5. The van der Waals surface area contributed by atoms with Gasteiger partial charge in [0.05, 0.1) is 12.6 Å². The van der Waals surface area contributed by atoms with Gasteiger partial charge < -0.3 is 25.4 Å². The van der Waals surface area contributed by atoms with Crippen molar-refractivity contribution in [3.8, 4) is 5.75 Å². The van der Waals surface area contributed by atoms with Crippen molar-refractivity contribution in [2.45, 2.75) is 25.9 Å². The molecule has 0 aromatic heterocycles. The van der Waals surface area contributed by atoms with Crippen LogP contribution in [0.5, 0.6) is 5.75 Å². The van der Waals surface area contributed by atoms with Crippen LogP contribution < -0.4 is 20.7 Å². The Bertz CT molecular complexity index is 819. The minimum Gasteiger partial charge on any atom is -0.491 e. The monoisotopic (exact) mass is 383 g/mol. The lowest BCUT2D eigenvalue weighted by Gasteiger charge is -2.13. The first-order chi connectivity index (χ1) is 13.6. The van der Waals surface area contributed by atoms with E-state index in [-0.39, 0.29) is 24.5 Å². The molecule has 1 fully saturated rings. The summed E-state index contributed by atoms with van der Waals surface area (Å²) in [5.74, 6) is 0.390. The van der Waals surface area contributed by atoms with Gasteiger partial charge in [-0.2, -0.15) is 0 Å². The van der Waals surface area contributed by atoms with Crippen molar-refractivity contribution in [3.63, 3.8) is 0 Å². The Morgan fingerprint density at radius 2 is 1.82 bits per heavy atom. The van der Waals surface area contributed by atoms with Crippen molar-refractivity contribution in [2.75, 3.05) is 35.7 Å². The van der Waals surface area contributed by atoms with Crippen LogP contribution in [0.1, 0.15) is 19.8 Å². The molecule has 2 amide bonds. The van der Waals surface area contributed by atoms with Gasteiger partial charge in [0.15, 0.2) is 0 Å². The highest BCUT2D eigenvalue weighted by Crippen LogP contribution is 2.20. The standard InChI is InChI=1S/C21H25N3O4/c1-15(25)23-17-6-2-7-18(11-17)24-21(26)13-22-16-5-3-8-19(12-16)28-14-20-9-4-10-27-20/h2-3,5-8,11-12,20,22H,4,9-10,13-14H2,1H3,(H,23,25)(H,24,26). The summed E-state index contributed by atoms with van der Waals surface area (Å²) < 4.78 is 11.3. The molecule has 1 atom stereocenters. The van der Waals surface area contributed by atoms with Gasteiger partial charge in [-0.1, -0.05) is 12.1 Å². The first-order valence-electron chi connectivity index (χ1n) is 9.34. The zero-order chi connectivity index (χ0) is 19.8. The molecule has 1 saturated heterocycles. The van der Waals surface area contributed by atoms with Crippen LogP contribution in [0.25, 0.3) is 0 Å². The number of nitrogens with one attached hydrogen (secondary N) is 3. The van der Waals surface area contributed by atoms with Crippen molar-refractivity contribution in [3.05, 3.63) is 48.5 Å². The number of hydrogen-bond donors (Lipinski definition) is 3. The lowest BCUT2D eigenvalue weighted by atomic mass is 10.2. The lowest BCUT2D eigenvalue weighted by molar-refractivity contribution is -0.115. The molecule has 2 aromatic rings. The molecule has 1 unspecified atom stereocenters. The highest BCUT2D eigenvalue weighted by Gasteiger charge is 2.16. The van der Waals surface area contributed by atoms with Gasteiger partial charge in [-0.15, -0.1) is 0 Å². The Hall–Kier alpha value is -3.06. The third kappa shape index (κ3) is 6.28. The fraction of sp³-hybridized carbons (Fsp3) is 0.333. The molecule has 3 rings (SSSR count). The molecule has 2 aromatic carbocycles. The Balaban J connectivity index is 1.47. The van der Waals surface area contributed by atoms with Gasteiger partial charge in [0, 0.05) is 36.7 Å². The summed E-state index contributed by atoms with van der Waals surface area (Å²) in [5.41, 5.74) is 2.05. The van der Waals surface area contributed by atoms with E-state index < -0.39 is 0 Å². The fourth-order valence-electron chi connectivity index (χ4n) is 2.93. The molecule has 148 valence electrons. The van der Waals surface area contributed by atoms with Crippen LogP contribution in [-0.4, -0.2) is 37.7 Å². The topological polar surface area (TPSA) is 88.7 Å².